The second-order valence-electron chi connectivity index (χ2n) is 6.02. The number of likely N-dealkylation sites (tertiary alicyclic amines) is 1. The molecule has 0 spiro atoms. The number of benzene rings is 1. The summed E-state index contributed by atoms with van der Waals surface area (Å²) in [6.45, 7) is 10.3. The number of hydrogen-bond donors (Lipinski definition) is 1. The van der Waals surface area contributed by atoms with Gasteiger partial charge in [-0.1, -0.05) is 43.6 Å². The Labute approximate surface area is 128 Å². The SMILES string of the molecule is CCCNC1CCN(C(C)c2ccccc2Cl)CC1C. The van der Waals surface area contributed by atoms with E-state index < -0.39 is 0 Å². The molecule has 2 rings (SSSR count). The molecule has 1 aromatic carbocycles. The van der Waals surface area contributed by atoms with Crippen molar-refractivity contribution in [3.63, 3.8) is 0 Å². The standard InChI is InChI=1S/C17H27ClN2/c1-4-10-19-17-9-11-20(12-13(17)2)14(3)15-7-5-6-8-16(15)18/h5-8,13-14,17,19H,4,9-12H2,1-3H3. The molecule has 1 heterocycles. The summed E-state index contributed by atoms with van der Waals surface area (Å²) in [5.74, 6) is 0.695. The normalized spacial score (nSPS) is 25.6. The summed E-state index contributed by atoms with van der Waals surface area (Å²) < 4.78 is 0. The molecule has 20 heavy (non-hydrogen) atoms. The summed E-state index contributed by atoms with van der Waals surface area (Å²) in [4.78, 5) is 2.57. The molecule has 0 amide bonds. The molecule has 1 saturated heterocycles. The van der Waals surface area contributed by atoms with Gasteiger partial charge in [-0.05, 0) is 43.9 Å². The molecule has 1 aromatic rings. The Morgan fingerprint density at radius 1 is 1.40 bits per heavy atom. The number of hydrogen-bond acceptors (Lipinski definition) is 2. The fourth-order valence-electron chi connectivity index (χ4n) is 3.17. The largest absolute Gasteiger partial charge is 0.314 e. The third-order valence-electron chi connectivity index (χ3n) is 4.50. The Bertz CT molecular complexity index is 421. The lowest BCUT2D eigenvalue weighted by Crippen LogP contribution is -2.49. The van der Waals surface area contributed by atoms with Crippen molar-refractivity contribution >= 4 is 11.6 Å². The van der Waals surface area contributed by atoms with Crippen LogP contribution in [0.15, 0.2) is 24.3 Å². The average molecular weight is 295 g/mol. The van der Waals surface area contributed by atoms with Crippen LogP contribution in [0.25, 0.3) is 0 Å². The zero-order valence-corrected chi connectivity index (χ0v) is 13.7. The van der Waals surface area contributed by atoms with Gasteiger partial charge in [-0.2, -0.15) is 0 Å². The van der Waals surface area contributed by atoms with Crippen molar-refractivity contribution < 1.29 is 0 Å². The first-order valence-electron chi connectivity index (χ1n) is 7.85. The van der Waals surface area contributed by atoms with E-state index in [0.717, 1.165) is 24.7 Å². The van der Waals surface area contributed by atoms with Gasteiger partial charge in [0, 0.05) is 30.2 Å². The predicted molar refractivity (Wildman–Crippen MR) is 87.3 cm³/mol. The van der Waals surface area contributed by atoms with Gasteiger partial charge in [0.15, 0.2) is 0 Å². The van der Waals surface area contributed by atoms with Gasteiger partial charge < -0.3 is 5.32 Å². The Morgan fingerprint density at radius 3 is 2.80 bits per heavy atom. The summed E-state index contributed by atoms with van der Waals surface area (Å²) in [6.07, 6.45) is 2.44. The molecule has 112 valence electrons. The molecule has 2 nitrogen and oxygen atoms in total. The van der Waals surface area contributed by atoms with Crippen LogP contribution in [-0.2, 0) is 0 Å². The van der Waals surface area contributed by atoms with Crippen LogP contribution < -0.4 is 5.32 Å². The summed E-state index contributed by atoms with van der Waals surface area (Å²) in [5, 5.41) is 4.57. The maximum absolute atomic E-state index is 6.33. The van der Waals surface area contributed by atoms with Crippen LogP contribution in [0.4, 0.5) is 0 Å². The molecule has 0 bridgehead atoms. The molecule has 1 N–H and O–H groups in total. The molecule has 3 atom stereocenters. The third-order valence-corrected chi connectivity index (χ3v) is 4.84. The molecule has 3 unspecified atom stereocenters. The highest BCUT2D eigenvalue weighted by Crippen LogP contribution is 2.30. The Kier molecular flexibility index (Phi) is 5.88. The molecule has 0 radical (unpaired) electrons. The Balaban J connectivity index is 1.97. The summed E-state index contributed by atoms with van der Waals surface area (Å²) in [5.41, 5.74) is 1.25. The third kappa shape index (κ3) is 3.75. The van der Waals surface area contributed by atoms with Gasteiger partial charge in [0.05, 0.1) is 0 Å². The molecular formula is C17H27ClN2. The van der Waals surface area contributed by atoms with E-state index in [-0.39, 0.29) is 0 Å². The first-order valence-corrected chi connectivity index (χ1v) is 8.23. The van der Waals surface area contributed by atoms with Gasteiger partial charge in [-0.3, -0.25) is 4.90 Å². The van der Waals surface area contributed by atoms with E-state index in [4.69, 9.17) is 11.6 Å². The van der Waals surface area contributed by atoms with Crippen LogP contribution in [0.3, 0.4) is 0 Å². The predicted octanol–water partition coefficient (Wildman–Crippen LogP) is 4.11. The van der Waals surface area contributed by atoms with E-state index >= 15 is 0 Å². The lowest BCUT2D eigenvalue weighted by molar-refractivity contribution is 0.111. The molecular weight excluding hydrogens is 268 g/mol. The van der Waals surface area contributed by atoms with E-state index in [0.29, 0.717) is 18.0 Å². The van der Waals surface area contributed by atoms with Crippen molar-refractivity contribution in [1.29, 1.82) is 0 Å². The zero-order valence-electron chi connectivity index (χ0n) is 12.9. The van der Waals surface area contributed by atoms with Crippen LogP contribution in [0.5, 0.6) is 0 Å². The van der Waals surface area contributed by atoms with E-state index in [1.165, 1.54) is 18.4 Å². The minimum atomic E-state index is 0.401. The quantitative estimate of drug-likeness (QED) is 0.879. The highest BCUT2D eigenvalue weighted by atomic mass is 35.5. The van der Waals surface area contributed by atoms with E-state index in [1.54, 1.807) is 0 Å². The van der Waals surface area contributed by atoms with Crippen molar-refractivity contribution in [3.8, 4) is 0 Å². The van der Waals surface area contributed by atoms with Crippen molar-refractivity contribution in [2.75, 3.05) is 19.6 Å². The smallest absolute Gasteiger partial charge is 0.0453 e. The number of nitrogens with one attached hydrogen (secondary N) is 1. The Hall–Kier alpha value is -0.570. The first kappa shape index (κ1) is 15.8. The lowest BCUT2D eigenvalue weighted by Gasteiger charge is -2.40. The molecule has 1 aliphatic rings. The average Bonchev–Trinajstić information content (AvgIpc) is 2.46. The van der Waals surface area contributed by atoms with Gasteiger partial charge in [0.25, 0.3) is 0 Å². The van der Waals surface area contributed by atoms with Crippen molar-refractivity contribution in [2.24, 2.45) is 5.92 Å². The maximum Gasteiger partial charge on any atom is 0.0453 e. The second-order valence-corrected chi connectivity index (χ2v) is 6.43. The highest BCUT2D eigenvalue weighted by Gasteiger charge is 2.28. The van der Waals surface area contributed by atoms with Crippen LogP contribution >= 0.6 is 11.6 Å². The van der Waals surface area contributed by atoms with E-state index in [2.05, 4.69) is 43.1 Å². The van der Waals surface area contributed by atoms with Crippen LogP contribution in [0.2, 0.25) is 5.02 Å². The van der Waals surface area contributed by atoms with E-state index in [9.17, 15) is 0 Å². The van der Waals surface area contributed by atoms with Gasteiger partial charge >= 0.3 is 0 Å². The van der Waals surface area contributed by atoms with Crippen molar-refractivity contribution in [2.45, 2.75) is 45.7 Å². The minimum Gasteiger partial charge on any atom is -0.314 e. The van der Waals surface area contributed by atoms with Crippen LogP contribution in [0.1, 0.15) is 45.2 Å². The maximum atomic E-state index is 6.33. The summed E-state index contributed by atoms with van der Waals surface area (Å²) >= 11 is 6.33. The zero-order chi connectivity index (χ0) is 14.5. The molecule has 0 saturated carbocycles. The van der Waals surface area contributed by atoms with Gasteiger partial charge in [-0.15, -0.1) is 0 Å². The van der Waals surface area contributed by atoms with Crippen LogP contribution in [0, 0.1) is 5.92 Å². The monoisotopic (exact) mass is 294 g/mol. The number of nitrogens with zero attached hydrogens (tertiary/aromatic N) is 1. The fraction of sp³-hybridized carbons (Fsp3) is 0.647. The lowest BCUT2D eigenvalue weighted by atomic mass is 9.91. The second kappa shape index (κ2) is 7.44. The molecule has 1 aliphatic heterocycles. The first-order chi connectivity index (χ1) is 9.63. The number of rotatable bonds is 5. The molecule has 0 aliphatic carbocycles. The fourth-order valence-corrected chi connectivity index (χ4v) is 3.47. The summed E-state index contributed by atoms with van der Waals surface area (Å²) in [6, 6.07) is 9.30. The van der Waals surface area contributed by atoms with Gasteiger partial charge in [-0.25, -0.2) is 0 Å². The molecule has 3 heteroatoms. The van der Waals surface area contributed by atoms with Gasteiger partial charge in [0.2, 0.25) is 0 Å². The highest BCUT2D eigenvalue weighted by molar-refractivity contribution is 6.31. The minimum absolute atomic E-state index is 0.401. The van der Waals surface area contributed by atoms with Crippen molar-refractivity contribution in [3.05, 3.63) is 34.9 Å². The molecule has 1 fully saturated rings. The summed E-state index contributed by atoms with van der Waals surface area (Å²) in [7, 11) is 0. The van der Waals surface area contributed by atoms with E-state index in [1.807, 2.05) is 12.1 Å². The van der Waals surface area contributed by atoms with Gasteiger partial charge in [0.1, 0.15) is 0 Å². The number of halogens is 1. The molecule has 0 aromatic heterocycles. The van der Waals surface area contributed by atoms with Crippen LogP contribution in [-0.4, -0.2) is 30.6 Å². The topological polar surface area (TPSA) is 15.3 Å². The number of piperidine rings is 1. The Morgan fingerprint density at radius 2 is 2.15 bits per heavy atom. The van der Waals surface area contributed by atoms with Crippen molar-refractivity contribution in [1.82, 2.24) is 10.2 Å².